The van der Waals surface area contributed by atoms with Gasteiger partial charge in [0.1, 0.15) is 0 Å². The summed E-state index contributed by atoms with van der Waals surface area (Å²) in [6, 6.07) is 36.8. The number of benzene rings is 4. The summed E-state index contributed by atoms with van der Waals surface area (Å²) in [6.45, 7) is 18.5. The first-order valence-electron chi connectivity index (χ1n) is 14.1. The first-order valence-corrected chi connectivity index (χ1v) is 14.1. The van der Waals surface area contributed by atoms with Gasteiger partial charge in [-0.2, -0.15) is 0 Å². The fraction of sp³-hybridized carbons (Fsp3) is 0.351. The zero-order valence-corrected chi connectivity index (χ0v) is 24.0. The lowest BCUT2D eigenvalue weighted by molar-refractivity contribution is 0.719. The van der Waals surface area contributed by atoms with Crippen LogP contribution >= 0.6 is 0 Å². The topological polar surface area (TPSA) is 0 Å². The molecule has 0 radical (unpaired) electrons. The van der Waals surface area contributed by atoms with Crippen molar-refractivity contribution in [3.63, 3.8) is 0 Å². The summed E-state index contributed by atoms with van der Waals surface area (Å²) in [6.07, 6.45) is 0. The standard InChI is InChI=1S/C37H44/c1-25(2)33-21-19-31(23-35(33)27(5)6)37(29-15-11-9-12-16-29,30-17-13-10-14-18-30)32-20-22-34(26(3)4)36(24-32)28(7)8/h9-28H,1-8H3. The van der Waals surface area contributed by atoms with Gasteiger partial charge in [-0.1, -0.05) is 152 Å². The average molecular weight is 489 g/mol. The molecule has 0 heteroatoms. The van der Waals surface area contributed by atoms with Crippen LogP contribution in [0.3, 0.4) is 0 Å². The molecule has 0 heterocycles. The molecule has 37 heavy (non-hydrogen) atoms. The summed E-state index contributed by atoms with van der Waals surface area (Å²) in [5.41, 5.74) is 10.7. The maximum absolute atomic E-state index is 2.51. The van der Waals surface area contributed by atoms with Gasteiger partial charge in [0, 0.05) is 0 Å². The molecule has 0 aliphatic heterocycles. The predicted octanol–water partition coefficient (Wildman–Crippen LogP) is 10.6. The Hall–Kier alpha value is -3.12. The van der Waals surface area contributed by atoms with Crippen LogP contribution in [0.2, 0.25) is 0 Å². The van der Waals surface area contributed by atoms with Gasteiger partial charge in [-0.3, -0.25) is 0 Å². The zero-order valence-electron chi connectivity index (χ0n) is 24.0. The first-order chi connectivity index (χ1) is 17.7. The lowest BCUT2D eigenvalue weighted by Gasteiger charge is -2.38. The molecule has 0 aliphatic rings. The van der Waals surface area contributed by atoms with Crippen LogP contribution in [-0.4, -0.2) is 0 Å². The quantitative estimate of drug-likeness (QED) is 0.216. The lowest BCUT2D eigenvalue weighted by atomic mass is 9.63. The lowest BCUT2D eigenvalue weighted by Crippen LogP contribution is -2.31. The first kappa shape index (κ1) is 26.9. The van der Waals surface area contributed by atoms with Gasteiger partial charge in [0.15, 0.2) is 0 Å². The number of hydrogen-bond acceptors (Lipinski definition) is 0. The van der Waals surface area contributed by atoms with Crippen molar-refractivity contribution in [3.05, 3.63) is 142 Å². The molecule has 0 saturated carbocycles. The highest BCUT2D eigenvalue weighted by molar-refractivity contribution is 5.62. The van der Waals surface area contributed by atoms with Crippen LogP contribution in [0.25, 0.3) is 0 Å². The van der Waals surface area contributed by atoms with E-state index in [4.69, 9.17) is 0 Å². The number of hydrogen-bond donors (Lipinski definition) is 0. The monoisotopic (exact) mass is 488 g/mol. The molecule has 4 rings (SSSR count). The van der Waals surface area contributed by atoms with E-state index < -0.39 is 5.41 Å². The normalized spacial score (nSPS) is 12.2. The van der Waals surface area contributed by atoms with E-state index in [1.54, 1.807) is 0 Å². The fourth-order valence-corrected chi connectivity index (χ4v) is 6.04. The van der Waals surface area contributed by atoms with Crippen molar-refractivity contribution >= 4 is 0 Å². The van der Waals surface area contributed by atoms with Crippen LogP contribution in [0.1, 0.15) is 124 Å². The Morgan fingerprint density at radius 3 is 0.973 bits per heavy atom. The Kier molecular flexibility index (Phi) is 8.08. The molecular formula is C37H44. The van der Waals surface area contributed by atoms with Crippen molar-refractivity contribution in [2.24, 2.45) is 0 Å². The van der Waals surface area contributed by atoms with Crippen LogP contribution < -0.4 is 0 Å². The van der Waals surface area contributed by atoms with Gasteiger partial charge in [-0.25, -0.2) is 0 Å². The third-order valence-corrected chi connectivity index (χ3v) is 7.94. The summed E-state index contributed by atoms with van der Waals surface area (Å²) >= 11 is 0. The molecule has 0 aromatic heterocycles. The van der Waals surface area contributed by atoms with Gasteiger partial charge in [-0.15, -0.1) is 0 Å². The van der Waals surface area contributed by atoms with E-state index in [1.165, 1.54) is 44.5 Å². The van der Waals surface area contributed by atoms with Crippen LogP contribution in [0.5, 0.6) is 0 Å². The van der Waals surface area contributed by atoms with Crippen molar-refractivity contribution in [2.45, 2.75) is 84.5 Å². The summed E-state index contributed by atoms with van der Waals surface area (Å²) < 4.78 is 0. The molecule has 0 bridgehead atoms. The van der Waals surface area contributed by atoms with E-state index in [1.807, 2.05) is 0 Å². The molecule has 4 aromatic rings. The van der Waals surface area contributed by atoms with Crippen molar-refractivity contribution in [3.8, 4) is 0 Å². The zero-order chi connectivity index (χ0) is 26.7. The van der Waals surface area contributed by atoms with E-state index in [0.717, 1.165) is 0 Å². The Bertz CT molecular complexity index is 1200. The molecule has 0 atom stereocenters. The Morgan fingerprint density at radius 2 is 0.676 bits per heavy atom. The van der Waals surface area contributed by atoms with Crippen molar-refractivity contribution in [1.82, 2.24) is 0 Å². The highest BCUT2D eigenvalue weighted by Crippen LogP contribution is 2.47. The van der Waals surface area contributed by atoms with E-state index in [-0.39, 0.29) is 0 Å². The molecule has 0 saturated heterocycles. The van der Waals surface area contributed by atoms with Gasteiger partial charge < -0.3 is 0 Å². The molecule has 0 aliphatic carbocycles. The maximum Gasteiger partial charge on any atom is 0.0701 e. The molecule has 0 amide bonds. The van der Waals surface area contributed by atoms with Gasteiger partial charge in [0.05, 0.1) is 5.41 Å². The largest absolute Gasteiger partial charge is 0.0701 e. The second-order valence-electron chi connectivity index (χ2n) is 11.8. The average Bonchev–Trinajstić information content (AvgIpc) is 2.90. The van der Waals surface area contributed by atoms with Gasteiger partial charge in [0.2, 0.25) is 0 Å². The summed E-state index contributed by atoms with van der Waals surface area (Å²) in [5, 5.41) is 0. The smallest absolute Gasteiger partial charge is 0.0622 e. The Labute approximate surface area is 225 Å². The summed E-state index contributed by atoms with van der Waals surface area (Å²) in [4.78, 5) is 0. The third kappa shape index (κ3) is 5.04. The number of rotatable bonds is 8. The van der Waals surface area contributed by atoms with Crippen LogP contribution in [0, 0.1) is 0 Å². The van der Waals surface area contributed by atoms with E-state index in [0.29, 0.717) is 23.7 Å². The molecule has 0 fully saturated rings. The molecule has 0 nitrogen and oxygen atoms in total. The van der Waals surface area contributed by atoms with Crippen molar-refractivity contribution in [1.29, 1.82) is 0 Å². The van der Waals surface area contributed by atoms with Crippen LogP contribution in [-0.2, 0) is 5.41 Å². The van der Waals surface area contributed by atoms with Gasteiger partial charge in [0.25, 0.3) is 0 Å². The second-order valence-corrected chi connectivity index (χ2v) is 11.8. The van der Waals surface area contributed by atoms with E-state index in [2.05, 4.69) is 152 Å². The molecule has 0 unspecified atom stereocenters. The van der Waals surface area contributed by atoms with E-state index >= 15 is 0 Å². The Balaban J connectivity index is 2.17. The highest BCUT2D eigenvalue weighted by Gasteiger charge is 2.39. The minimum absolute atomic E-state index is 0.416. The second kappa shape index (κ2) is 11.1. The van der Waals surface area contributed by atoms with Crippen molar-refractivity contribution < 1.29 is 0 Å². The minimum atomic E-state index is -0.416. The predicted molar refractivity (Wildman–Crippen MR) is 161 cm³/mol. The van der Waals surface area contributed by atoms with Gasteiger partial charge in [-0.05, 0) is 68.2 Å². The summed E-state index contributed by atoms with van der Waals surface area (Å²) in [5.74, 6) is 1.90. The molecular weight excluding hydrogens is 444 g/mol. The fourth-order valence-electron chi connectivity index (χ4n) is 6.04. The maximum atomic E-state index is 2.51. The minimum Gasteiger partial charge on any atom is -0.0622 e. The van der Waals surface area contributed by atoms with Crippen LogP contribution in [0.15, 0.2) is 97.1 Å². The SMILES string of the molecule is CC(C)c1ccc(C(c2ccccc2)(c2ccccc2)c2ccc(C(C)C)c(C(C)C)c2)cc1C(C)C. The van der Waals surface area contributed by atoms with E-state index in [9.17, 15) is 0 Å². The molecule has 0 N–H and O–H groups in total. The summed E-state index contributed by atoms with van der Waals surface area (Å²) in [7, 11) is 0. The Morgan fingerprint density at radius 1 is 0.351 bits per heavy atom. The highest BCUT2D eigenvalue weighted by atomic mass is 14.4. The third-order valence-electron chi connectivity index (χ3n) is 7.94. The van der Waals surface area contributed by atoms with Gasteiger partial charge >= 0.3 is 0 Å². The molecule has 0 spiro atoms. The molecule has 4 aromatic carbocycles. The van der Waals surface area contributed by atoms with Crippen molar-refractivity contribution in [2.75, 3.05) is 0 Å². The van der Waals surface area contributed by atoms with Crippen LogP contribution in [0.4, 0.5) is 0 Å². The molecule has 192 valence electrons.